The Kier molecular flexibility index (Phi) is 15.3. The Labute approximate surface area is 323 Å². The van der Waals surface area contributed by atoms with E-state index in [1.807, 2.05) is 146 Å². The second kappa shape index (κ2) is 21.2. The molecule has 55 heavy (non-hydrogen) atoms. The Morgan fingerprint density at radius 2 is 0.982 bits per heavy atom. The Bertz CT molecular complexity index is 1830. The third kappa shape index (κ3) is 12.2. The van der Waals surface area contributed by atoms with Crippen LogP contribution in [0.25, 0.3) is 0 Å². The molecule has 0 bridgehead atoms. The first-order chi connectivity index (χ1) is 27.1. The van der Waals surface area contributed by atoms with Crippen LogP contribution in [0, 0.1) is 0 Å². The van der Waals surface area contributed by atoms with Crippen molar-refractivity contribution < 1.29 is 38.0 Å². The van der Waals surface area contributed by atoms with Crippen molar-refractivity contribution in [2.75, 3.05) is 6.54 Å². The SMILES string of the molecule is C[C@@H](Cc1ccccc1)NC[C@H](C=O)OC(=O)[C@H]1O[C@@H](OCc2ccccc2)[C@H](OCc2ccccc2)[C@@H](OCc2ccccc2)[C@@H]1OCc1ccccc1. The monoisotopic (exact) mass is 743 g/mol. The summed E-state index contributed by atoms with van der Waals surface area (Å²) in [5.74, 6) is -0.768. The summed E-state index contributed by atoms with van der Waals surface area (Å²) in [6.07, 6.45) is -4.81. The molecule has 0 amide bonds. The minimum absolute atomic E-state index is 0.0190. The van der Waals surface area contributed by atoms with Crippen LogP contribution in [0.2, 0.25) is 0 Å². The first-order valence-corrected chi connectivity index (χ1v) is 18.8. The lowest BCUT2D eigenvalue weighted by Crippen LogP contribution is -2.63. The summed E-state index contributed by atoms with van der Waals surface area (Å²) in [7, 11) is 0. The number of carbonyl (C=O) groups excluding carboxylic acids is 2. The molecule has 0 spiro atoms. The van der Waals surface area contributed by atoms with Gasteiger partial charge >= 0.3 is 5.97 Å². The molecule has 1 aliphatic rings. The lowest BCUT2D eigenvalue weighted by atomic mass is 9.97. The van der Waals surface area contributed by atoms with Crippen molar-refractivity contribution in [3.63, 3.8) is 0 Å². The van der Waals surface area contributed by atoms with Gasteiger partial charge in [-0.3, -0.25) is 4.79 Å². The van der Waals surface area contributed by atoms with Gasteiger partial charge in [0.15, 0.2) is 24.8 Å². The first-order valence-electron chi connectivity index (χ1n) is 18.8. The number of nitrogens with one attached hydrogen (secondary N) is 1. The van der Waals surface area contributed by atoms with Crippen molar-refractivity contribution in [2.24, 2.45) is 0 Å². The minimum Gasteiger partial charge on any atom is -0.451 e. The van der Waals surface area contributed by atoms with E-state index >= 15 is 0 Å². The molecule has 1 N–H and O–H groups in total. The van der Waals surface area contributed by atoms with E-state index in [1.54, 1.807) is 0 Å². The van der Waals surface area contributed by atoms with Crippen LogP contribution in [0.5, 0.6) is 0 Å². The van der Waals surface area contributed by atoms with E-state index in [4.69, 9.17) is 28.4 Å². The standard InChI is InChI=1S/C46H49NO8/c1-34(27-35-17-7-2-8-18-35)47-28-40(29-48)54-45(49)43-41(50-30-36-19-9-3-10-20-36)42(51-31-37-21-11-4-12-22-37)44(52-32-38-23-13-5-14-24-38)46(55-43)53-33-39-25-15-6-16-26-39/h2-26,29,34,40-44,46-47H,27-28,30-33H2,1H3/t34-,40+,41-,42-,43-,44+,46+/m0/s1. The maximum Gasteiger partial charge on any atom is 0.338 e. The molecule has 1 fully saturated rings. The van der Waals surface area contributed by atoms with Crippen molar-refractivity contribution in [3.05, 3.63) is 179 Å². The number of hydrogen-bond acceptors (Lipinski definition) is 9. The molecule has 286 valence electrons. The normalized spacial score (nSPS) is 20.6. The molecule has 1 saturated heterocycles. The molecule has 6 rings (SSSR count). The number of carbonyl (C=O) groups is 2. The minimum atomic E-state index is -1.33. The average molecular weight is 744 g/mol. The van der Waals surface area contributed by atoms with Gasteiger partial charge in [-0.1, -0.05) is 152 Å². The van der Waals surface area contributed by atoms with E-state index in [0.29, 0.717) is 6.29 Å². The molecule has 9 heteroatoms. The van der Waals surface area contributed by atoms with Crippen LogP contribution in [0.3, 0.4) is 0 Å². The van der Waals surface area contributed by atoms with E-state index in [1.165, 1.54) is 0 Å². The molecule has 0 radical (unpaired) electrons. The smallest absolute Gasteiger partial charge is 0.338 e. The van der Waals surface area contributed by atoms with Crippen LogP contribution < -0.4 is 5.32 Å². The van der Waals surface area contributed by atoms with Crippen LogP contribution in [-0.4, -0.2) is 61.7 Å². The van der Waals surface area contributed by atoms with Crippen LogP contribution in [0.15, 0.2) is 152 Å². The molecule has 9 nitrogen and oxygen atoms in total. The van der Waals surface area contributed by atoms with E-state index in [-0.39, 0.29) is 39.0 Å². The third-order valence-electron chi connectivity index (χ3n) is 9.31. The fourth-order valence-electron chi connectivity index (χ4n) is 6.43. The topological polar surface area (TPSA) is 102 Å². The number of hydrogen-bond donors (Lipinski definition) is 1. The summed E-state index contributed by atoms with van der Waals surface area (Å²) in [6.45, 7) is 2.91. The zero-order valence-electron chi connectivity index (χ0n) is 31.1. The Balaban J connectivity index is 1.28. The highest BCUT2D eigenvalue weighted by Crippen LogP contribution is 2.32. The molecule has 0 unspecified atom stereocenters. The van der Waals surface area contributed by atoms with Crippen molar-refractivity contribution in [3.8, 4) is 0 Å². The van der Waals surface area contributed by atoms with E-state index < -0.39 is 42.8 Å². The molecule has 0 saturated carbocycles. The molecule has 1 heterocycles. The van der Waals surface area contributed by atoms with Gasteiger partial charge in [0.25, 0.3) is 0 Å². The quantitative estimate of drug-likeness (QED) is 0.0666. The van der Waals surface area contributed by atoms with Gasteiger partial charge in [-0.2, -0.15) is 0 Å². The predicted molar refractivity (Wildman–Crippen MR) is 209 cm³/mol. The number of benzene rings is 5. The van der Waals surface area contributed by atoms with Crippen LogP contribution in [-0.2, 0) is 70.9 Å². The molecule has 5 aromatic rings. The number of esters is 1. The van der Waals surface area contributed by atoms with Gasteiger partial charge in [0.1, 0.15) is 18.3 Å². The number of aldehydes is 1. The summed E-state index contributed by atoms with van der Waals surface area (Å²) in [5, 5.41) is 3.33. The van der Waals surface area contributed by atoms with Crippen LogP contribution in [0.1, 0.15) is 34.7 Å². The highest BCUT2D eigenvalue weighted by atomic mass is 16.7. The highest BCUT2D eigenvalue weighted by molar-refractivity contribution is 5.78. The largest absolute Gasteiger partial charge is 0.451 e. The van der Waals surface area contributed by atoms with Crippen molar-refractivity contribution >= 4 is 12.3 Å². The average Bonchev–Trinajstić information content (AvgIpc) is 3.24. The second-order valence-corrected chi connectivity index (χ2v) is 13.6. The summed E-state index contributed by atoms with van der Waals surface area (Å²) in [6, 6.07) is 48.9. The van der Waals surface area contributed by atoms with Gasteiger partial charge in [-0.25, -0.2) is 4.79 Å². The molecular weight excluding hydrogens is 695 g/mol. The van der Waals surface area contributed by atoms with Crippen molar-refractivity contribution in [2.45, 2.75) is 82.6 Å². The number of ether oxygens (including phenoxy) is 6. The molecule has 7 atom stereocenters. The van der Waals surface area contributed by atoms with Gasteiger partial charge in [0, 0.05) is 12.6 Å². The third-order valence-corrected chi connectivity index (χ3v) is 9.31. The van der Waals surface area contributed by atoms with Crippen LogP contribution in [0.4, 0.5) is 0 Å². The highest BCUT2D eigenvalue weighted by Gasteiger charge is 2.52. The predicted octanol–water partition coefficient (Wildman–Crippen LogP) is 7.02. The van der Waals surface area contributed by atoms with Crippen LogP contribution >= 0.6 is 0 Å². The van der Waals surface area contributed by atoms with Crippen molar-refractivity contribution in [1.82, 2.24) is 5.32 Å². The second-order valence-electron chi connectivity index (χ2n) is 13.6. The number of rotatable bonds is 20. The summed E-state index contributed by atoms with van der Waals surface area (Å²) in [4.78, 5) is 26.6. The van der Waals surface area contributed by atoms with Gasteiger partial charge in [-0.15, -0.1) is 0 Å². The molecule has 0 aromatic heterocycles. The van der Waals surface area contributed by atoms with Gasteiger partial charge in [0.05, 0.1) is 26.4 Å². The summed E-state index contributed by atoms with van der Waals surface area (Å²) >= 11 is 0. The summed E-state index contributed by atoms with van der Waals surface area (Å²) in [5.41, 5.74) is 4.83. The van der Waals surface area contributed by atoms with Gasteiger partial charge in [0.2, 0.25) is 0 Å². The zero-order valence-corrected chi connectivity index (χ0v) is 31.1. The Morgan fingerprint density at radius 3 is 1.44 bits per heavy atom. The van der Waals surface area contributed by atoms with Crippen molar-refractivity contribution in [1.29, 1.82) is 0 Å². The maximum atomic E-state index is 14.3. The Hall–Kier alpha value is -5.00. The molecule has 1 aliphatic heterocycles. The van der Waals surface area contributed by atoms with E-state index in [9.17, 15) is 9.59 Å². The molecule has 0 aliphatic carbocycles. The fraction of sp³-hybridized carbons (Fsp3) is 0.304. The van der Waals surface area contributed by atoms with E-state index in [0.717, 1.165) is 34.2 Å². The van der Waals surface area contributed by atoms with E-state index in [2.05, 4.69) is 17.4 Å². The van der Waals surface area contributed by atoms with Gasteiger partial charge < -0.3 is 33.7 Å². The molecule has 5 aromatic carbocycles. The lowest BCUT2D eigenvalue weighted by Gasteiger charge is -2.45. The first kappa shape index (κ1) is 39.7. The summed E-state index contributed by atoms with van der Waals surface area (Å²) < 4.78 is 38.8. The maximum absolute atomic E-state index is 14.3. The Morgan fingerprint density at radius 1 is 0.582 bits per heavy atom. The fourth-order valence-corrected chi connectivity index (χ4v) is 6.43. The molecular formula is C46H49NO8. The van der Waals surface area contributed by atoms with Gasteiger partial charge in [-0.05, 0) is 41.2 Å². The zero-order chi connectivity index (χ0) is 38.1. The lowest BCUT2D eigenvalue weighted by molar-refractivity contribution is -0.323.